The molecule has 6 amide bonds. The van der Waals surface area contributed by atoms with E-state index in [4.69, 9.17) is 4.74 Å². The van der Waals surface area contributed by atoms with E-state index in [9.17, 15) is 33.6 Å². The largest absolute Gasteiger partial charge is 0.449 e. The number of benzene rings is 1. The molecule has 0 bridgehead atoms. The minimum atomic E-state index is -1.21. The number of piperidine rings is 1. The van der Waals surface area contributed by atoms with Gasteiger partial charge in [0.25, 0.3) is 5.91 Å². The molecule has 2 aliphatic rings. The highest BCUT2D eigenvalue weighted by Gasteiger charge is 2.70. The first-order valence-corrected chi connectivity index (χ1v) is 17.6. The first-order valence-electron chi connectivity index (χ1n) is 17.6. The fraction of sp³-hybridized carbons (Fsp3) is 0.649. The summed E-state index contributed by atoms with van der Waals surface area (Å²) in [6.45, 7) is 15.0. The van der Waals surface area contributed by atoms with Crippen LogP contribution in [-0.2, 0) is 33.5 Å². The Morgan fingerprint density at radius 1 is 0.980 bits per heavy atom. The van der Waals surface area contributed by atoms with E-state index in [0.29, 0.717) is 18.5 Å². The summed E-state index contributed by atoms with van der Waals surface area (Å²) in [5, 5.41) is 10.4. The predicted molar refractivity (Wildman–Crippen MR) is 190 cm³/mol. The van der Waals surface area contributed by atoms with Crippen molar-refractivity contribution in [1.29, 1.82) is 0 Å². The molecule has 0 aromatic heterocycles. The molecule has 6 atom stereocenters. The van der Waals surface area contributed by atoms with Gasteiger partial charge in [0.05, 0.1) is 19.2 Å². The summed E-state index contributed by atoms with van der Waals surface area (Å²) in [6.07, 6.45) is -0.130. The molecule has 1 saturated carbocycles. The standard InChI is InChI=1S/C37H56N6O8/c1-11-15-24(29(45)32(47)38-18-25(44)40-27(33(48)42(9)10)22-16-13-12-14-17-22)39-31(46)28-26-23(37(26,7)8)19-43(28)34(49)30(36(4,5)6)41-35(50)51-20-21(2)3/h12-14,16-17,21,23-24,26-28,30H,11,15,18-20H2,1-10H3,(H,38,47)(H,39,46)(H,40,44)(H,41,50)/t23-,24?,26-,27-,28?,30+/m0/s1. The highest BCUT2D eigenvalue weighted by Crippen LogP contribution is 2.65. The summed E-state index contributed by atoms with van der Waals surface area (Å²) in [5.74, 6) is -4.12. The molecule has 1 saturated heterocycles. The van der Waals surface area contributed by atoms with Crippen LogP contribution in [0.25, 0.3) is 0 Å². The molecule has 1 aromatic carbocycles. The van der Waals surface area contributed by atoms with Gasteiger partial charge in [0.15, 0.2) is 0 Å². The molecule has 1 aromatic rings. The average molecular weight is 713 g/mol. The summed E-state index contributed by atoms with van der Waals surface area (Å²) < 4.78 is 5.28. The van der Waals surface area contributed by atoms with Gasteiger partial charge in [-0.05, 0) is 40.6 Å². The highest BCUT2D eigenvalue weighted by molar-refractivity contribution is 6.38. The van der Waals surface area contributed by atoms with Crippen LogP contribution in [0.3, 0.4) is 0 Å². The van der Waals surface area contributed by atoms with Crippen molar-refractivity contribution >= 4 is 41.4 Å². The van der Waals surface area contributed by atoms with E-state index in [1.54, 1.807) is 51.4 Å². The van der Waals surface area contributed by atoms with Gasteiger partial charge in [-0.1, -0.05) is 92.1 Å². The lowest BCUT2D eigenvalue weighted by Gasteiger charge is -2.37. The first kappa shape index (κ1) is 40.9. The van der Waals surface area contributed by atoms with Crippen molar-refractivity contribution in [3.8, 4) is 0 Å². The van der Waals surface area contributed by atoms with Gasteiger partial charge >= 0.3 is 6.09 Å². The molecule has 2 unspecified atom stereocenters. The maximum atomic E-state index is 14.1. The Bertz CT molecular complexity index is 1470. The van der Waals surface area contributed by atoms with Gasteiger partial charge in [0, 0.05) is 20.6 Å². The number of carbonyl (C=O) groups is 7. The molecular formula is C37H56N6O8. The summed E-state index contributed by atoms with van der Waals surface area (Å²) in [4.78, 5) is 95.6. The van der Waals surface area contributed by atoms with Crippen molar-refractivity contribution in [3.05, 3.63) is 35.9 Å². The quantitative estimate of drug-likeness (QED) is 0.200. The molecule has 1 aliphatic heterocycles. The van der Waals surface area contributed by atoms with Crippen molar-refractivity contribution < 1.29 is 38.3 Å². The first-order chi connectivity index (χ1) is 23.7. The predicted octanol–water partition coefficient (Wildman–Crippen LogP) is 2.18. The zero-order valence-corrected chi connectivity index (χ0v) is 31.6. The molecule has 282 valence electrons. The van der Waals surface area contributed by atoms with Crippen molar-refractivity contribution in [2.24, 2.45) is 28.6 Å². The molecule has 1 aliphatic carbocycles. The zero-order chi connectivity index (χ0) is 38.4. The van der Waals surface area contributed by atoms with E-state index in [1.165, 1.54) is 9.80 Å². The number of nitrogens with one attached hydrogen (secondary N) is 4. The number of alkyl carbamates (subject to hydrolysis) is 1. The number of hydrogen-bond donors (Lipinski definition) is 4. The Hall–Kier alpha value is -4.49. The fourth-order valence-corrected chi connectivity index (χ4v) is 6.65. The van der Waals surface area contributed by atoms with Gasteiger partial charge in [0.1, 0.15) is 18.1 Å². The normalized spacial score (nSPS) is 20.6. The van der Waals surface area contributed by atoms with E-state index in [2.05, 4.69) is 21.3 Å². The van der Waals surface area contributed by atoms with Gasteiger partial charge in [-0.15, -0.1) is 0 Å². The van der Waals surface area contributed by atoms with Crippen LogP contribution in [0.15, 0.2) is 30.3 Å². The summed E-state index contributed by atoms with van der Waals surface area (Å²) in [7, 11) is 3.12. The minimum absolute atomic E-state index is 0.0342. The lowest BCUT2D eigenvalue weighted by molar-refractivity contribution is -0.145. The van der Waals surface area contributed by atoms with Crippen LogP contribution in [0, 0.1) is 28.6 Å². The minimum Gasteiger partial charge on any atom is -0.449 e. The Labute approximate surface area is 301 Å². The summed E-state index contributed by atoms with van der Waals surface area (Å²) >= 11 is 0. The van der Waals surface area contributed by atoms with E-state index in [0.717, 1.165) is 0 Å². The van der Waals surface area contributed by atoms with Gasteiger partial charge in [-0.2, -0.15) is 0 Å². The third-order valence-electron chi connectivity index (χ3n) is 9.65. The molecule has 14 nitrogen and oxygen atoms in total. The fourth-order valence-electron chi connectivity index (χ4n) is 6.65. The summed E-state index contributed by atoms with van der Waals surface area (Å²) in [5.41, 5.74) is -0.405. The molecule has 0 spiro atoms. The van der Waals surface area contributed by atoms with Crippen molar-refractivity contribution in [2.45, 2.75) is 92.4 Å². The third kappa shape index (κ3) is 10.1. The number of nitrogens with zero attached hydrogens (tertiary/aromatic N) is 2. The van der Waals surface area contributed by atoms with Gasteiger partial charge < -0.3 is 35.8 Å². The Morgan fingerprint density at radius 2 is 1.61 bits per heavy atom. The summed E-state index contributed by atoms with van der Waals surface area (Å²) in [6, 6.07) is 4.49. The molecule has 4 N–H and O–H groups in total. The Kier molecular flexibility index (Phi) is 13.4. The second kappa shape index (κ2) is 16.7. The van der Waals surface area contributed by atoms with Crippen molar-refractivity contribution in [1.82, 2.24) is 31.1 Å². The topological polar surface area (TPSA) is 183 Å². The van der Waals surface area contributed by atoms with Crippen LogP contribution in [0.1, 0.15) is 79.8 Å². The lowest BCUT2D eigenvalue weighted by atomic mass is 9.85. The number of fused-ring (bicyclic) bond motifs is 1. The van der Waals surface area contributed by atoms with Gasteiger partial charge in [-0.25, -0.2) is 4.79 Å². The highest BCUT2D eigenvalue weighted by atomic mass is 16.5. The maximum Gasteiger partial charge on any atom is 0.407 e. The molecule has 3 rings (SSSR count). The Balaban J connectivity index is 1.72. The van der Waals surface area contributed by atoms with E-state index in [-0.39, 0.29) is 42.1 Å². The lowest BCUT2D eigenvalue weighted by Crippen LogP contribution is -2.60. The number of Topliss-reactive ketones (excluding diaryl/α,β-unsaturated/α-hetero) is 1. The van der Waals surface area contributed by atoms with Crippen molar-refractivity contribution in [2.75, 3.05) is 33.8 Å². The number of likely N-dealkylation sites (tertiary alicyclic amines) is 1. The van der Waals surface area contributed by atoms with Crippen molar-refractivity contribution in [3.63, 3.8) is 0 Å². The molecule has 2 fully saturated rings. The SMILES string of the molecule is CCCC(NC(=O)C1[C@@H]2[C@H](CN1C(=O)[C@@H](NC(=O)OCC(C)C)C(C)(C)C)C2(C)C)C(=O)C(=O)NCC(=O)N[C@H](C(=O)N(C)C)c1ccccc1. The number of amides is 6. The van der Waals surface area contributed by atoms with E-state index in [1.807, 2.05) is 48.5 Å². The molecule has 14 heteroatoms. The second-order valence-corrected chi connectivity index (χ2v) is 15.9. The monoisotopic (exact) mass is 712 g/mol. The number of ketones is 1. The van der Waals surface area contributed by atoms with Crippen LogP contribution in [0.2, 0.25) is 0 Å². The van der Waals surface area contributed by atoms with E-state index < -0.39 is 71.6 Å². The maximum absolute atomic E-state index is 14.1. The Morgan fingerprint density at radius 3 is 2.16 bits per heavy atom. The number of rotatable bonds is 15. The van der Waals surface area contributed by atoms with Crippen LogP contribution in [-0.4, -0.2) is 103 Å². The average Bonchev–Trinajstić information content (AvgIpc) is 3.37. The van der Waals surface area contributed by atoms with Crippen LogP contribution < -0.4 is 21.3 Å². The number of hydrogen-bond acceptors (Lipinski definition) is 8. The molecule has 51 heavy (non-hydrogen) atoms. The van der Waals surface area contributed by atoms with E-state index >= 15 is 0 Å². The van der Waals surface area contributed by atoms with Gasteiger partial charge in [-0.3, -0.25) is 28.8 Å². The second-order valence-electron chi connectivity index (χ2n) is 15.9. The van der Waals surface area contributed by atoms with Crippen LogP contribution in [0.5, 0.6) is 0 Å². The molecule has 0 radical (unpaired) electrons. The number of carbonyl (C=O) groups excluding carboxylic acids is 7. The molecular weight excluding hydrogens is 656 g/mol. The number of likely N-dealkylation sites (N-methyl/N-ethyl adjacent to an activating group) is 1. The zero-order valence-electron chi connectivity index (χ0n) is 31.6. The molecule has 1 heterocycles. The van der Waals surface area contributed by atoms with Crippen LogP contribution >= 0.6 is 0 Å². The number of ether oxygens (including phenoxy) is 1. The third-order valence-corrected chi connectivity index (χ3v) is 9.65. The van der Waals surface area contributed by atoms with Gasteiger partial charge in [0.2, 0.25) is 29.4 Å². The van der Waals surface area contributed by atoms with Crippen LogP contribution in [0.4, 0.5) is 4.79 Å². The smallest absolute Gasteiger partial charge is 0.407 e.